The maximum atomic E-state index is 12.1. The lowest BCUT2D eigenvalue weighted by atomic mass is 10.1. The van der Waals surface area contributed by atoms with Crippen LogP contribution in [0.25, 0.3) is 0 Å². The molecule has 7 nitrogen and oxygen atoms in total. The Balaban J connectivity index is 1.87. The SMILES string of the molecule is CCc1ccc(OCC(=O)NNC(=S)Nc2sc(C)c(CC)c2C(=O)OC)cc1. The number of methoxy groups -OCH3 is 1. The van der Waals surface area contributed by atoms with Crippen LogP contribution >= 0.6 is 23.6 Å². The molecule has 0 unspecified atom stereocenters. The van der Waals surface area contributed by atoms with Crippen LogP contribution in [-0.4, -0.2) is 30.7 Å². The van der Waals surface area contributed by atoms with Crippen molar-refractivity contribution < 1.29 is 19.1 Å². The van der Waals surface area contributed by atoms with Crippen LogP contribution in [0.1, 0.15) is 40.2 Å². The van der Waals surface area contributed by atoms with Gasteiger partial charge < -0.3 is 14.8 Å². The highest BCUT2D eigenvalue weighted by atomic mass is 32.1. The zero-order valence-electron chi connectivity index (χ0n) is 16.9. The first-order valence-corrected chi connectivity index (χ1v) is 10.4. The molecule has 2 rings (SSSR count). The number of ether oxygens (including phenoxy) is 2. The van der Waals surface area contributed by atoms with Gasteiger partial charge in [0.15, 0.2) is 11.7 Å². The maximum absolute atomic E-state index is 12.1. The first-order valence-electron chi connectivity index (χ1n) is 9.17. The molecule has 0 fully saturated rings. The van der Waals surface area contributed by atoms with Gasteiger partial charge in [0.1, 0.15) is 10.8 Å². The van der Waals surface area contributed by atoms with Gasteiger partial charge in [0.2, 0.25) is 0 Å². The summed E-state index contributed by atoms with van der Waals surface area (Å²) in [6.07, 6.45) is 1.64. The molecule has 0 aliphatic carbocycles. The molecule has 0 radical (unpaired) electrons. The summed E-state index contributed by atoms with van der Waals surface area (Å²) in [4.78, 5) is 25.1. The number of hydrazine groups is 1. The first-order chi connectivity index (χ1) is 13.9. The Morgan fingerprint density at radius 3 is 2.38 bits per heavy atom. The third kappa shape index (κ3) is 6.16. The predicted molar refractivity (Wildman–Crippen MR) is 119 cm³/mol. The molecular weight excluding hydrogens is 410 g/mol. The van der Waals surface area contributed by atoms with Gasteiger partial charge in [-0.1, -0.05) is 26.0 Å². The lowest BCUT2D eigenvalue weighted by molar-refractivity contribution is -0.123. The van der Waals surface area contributed by atoms with Gasteiger partial charge in [-0.05, 0) is 55.2 Å². The van der Waals surface area contributed by atoms with E-state index in [0.717, 1.165) is 16.9 Å². The van der Waals surface area contributed by atoms with Crippen LogP contribution in [0.2, 0.25) is 0 Å². The van der Waals surface area contributed by atoms with Crippen LogP contribution in [0, 0.1) is 6.92 Å². The Labute approximate surface area is 179 Å². The Hall–Kier alpha value is -2.65. The monoisotopic (exact) mass is 435 g/mol. The largest absolute Gasteiger partial charge is 0.484 e. The van der Waals surface area contributed by atoms with E-state index in [9.17, 15) is 9.59 Å². The summed E-state index contributed by atoms with van der Waals surface area (Å²) < 4.78 is 10.3. The molecular formula is C20H25N3O4S2. The number of esters is 1. The van der Waals surface area contributed by atoms with E-state index >= 15 is 0 Å². The summed E-state index contributed by atoms with van der Waals surface area (Å²) in [5.41, 5.74) is 7.65. The molecule has 0 saturated heterocycles. The van der Waals surface area contributed by atoms with E-state index in [4.69, 9.17) is 21.7 Å². The minimum atomic E-state index is -0.428. The second-order valence-corrected chi connectivity index (χ2v) is 7.73. The van der Waals surface area contributed by atoms with E-state index in [2.05, 4.69) is 23.1 Å². The molecule has 156 valence electrons. The molecule has 0 spiro atoms. The fraction of sp³-hybridized carbons (Fsp3) is 0.350. The van der Waals surface area contributed by atoms with Gasteiger partial charge in [0, 0.05) is 4.88 Å². The molecule has 9 heteroatoms. The molecule has 0 bridgehead atoms. The number of thiocarbonyl (C=S) groups is 1. The molecule has 1 amide bonds. The second-order valence-electron chi connectivity index (χ2n) is 6.10. The van der Waals surface area contributed by atoms with E-state index in [1.54, 1.807) is 0 Å². The van der Waals surface area contributed by atoms with E-state index < -0.39 is 11.9 Å². The van der Waals surface area contributed by atoms with Crippen molar-refractivity contribution in [3.63, 3.8) is 0 Å². The van der Waals surface area contributed by atoms with Crippen LogP contribution in [-0.2, 0) is 22.4 Å². The number of amides is 1. The van der Waals surface area contributed by atoms with Crippen LogP contribution < -0.4 is 20.9 Å². The number of rotatable bonds is 7. The topological polar surface area (TPSA) is 88.7 Å². The van der Waals surface area contributed by atoms with Crippen molar-refractivity contribution in [1.82, 2.24) is 10.9 Å². The van der Waals surface area contributed by atoms with Crippen molar-refractivity contribution >= 4 is 45.5 Å². The Kier molecular flexibility index (Phi) is 8.41. The normalized spacial score (nSPS) is 10.2. The van der Waals surface area contributed by atoms with Gasteiger partial charge in [-0.2, -0.15) is 0 Å². The zero-order valence-corrected chi connectivity index (χ0v) is 18.5. The van der Waals surface area contributed by atoms with E-state index in [0.29, 0.717) is 22.7 Å². The summed E-state index contributed by atoms with van der Waals surface area (Å²) in [6.45, 7) is 5.81. The summed E-state index contributed by atoms with van der Waals surface area (Å²) in [5.74, 6) is -0.205. The predicted octanol–water partition coefficient (Wildman–Crippen LogP) is 3.36. The van der Waals surface area contributed by atoms with Crippen molar-refractivity contribution in [1.29, 1.82) is 0 Å². The molecule has 0 aliphatic heterocycles. The number of hydrogen-bond acceptors (Lipinski definition) is 6. The third-order valence-electron chi connectivity index (χ3n) is 4.20. The highest BCUT2D eigenvalue weighted by Gasteiger charge is 2.22. The number of aryl methyl sites for hydroxylation is 2. The second kappa shape index (κ2) is 10.8. The molecule has 0 saturated carbocycles. The van der Waals surface area contributed by atoms with Crippen molar-refractivity contribution in [2.45, 2.75) is 33.6 Å². The highest BCUT2D eigenvalue weighted by Crippen LogP contribution is 2.33. The average Bonchev–Trinajstić information content (AvgIpc) is 3.04. The molecule has 29 heavy (non-hydrogen) atoms. The van der Waals surface area contributed by atoms with Gasteiger partial charge in [0.25, 0.3) is 5.91 Å². The standard InChI is InChI=1S/C20H25N3O4S2/c1-5-13-7-9-14(10-8-13)27-11-16(24)22-23-20(28)21-18-17(19(25)26-4)15(6-2)12(3)29-18/h7-10H,5-6,11H2,1-4H3,(H,22,24)(H2,21,23,28). The van der Waals surface area contributed by atoms with Crippen molar-refractivity contribution in [3.05, 3.63) is 45.8 Å². The van der Waals surface area contributed by atoms with Gasteiger partial charge in [-0.25, -0.2) is 4.79 Å². The lowest BCUT2D eigenvalue weighted by Gasteiger charge is -2.12. The van der Waals surface area contributed by atoms with Gasteiger partial charge in [-0.3, -0.25) is 15.6 Å². The van der Waals surface area contributed by atoms with Gasteiger partial charge in [0.05, 0.1) is 12.7 Å². The van der Waals surface area contributed by atoms with E-state index in [1.165, 1.54) is 24.0 Å². The quantitative estimate of drug-likeness (QED) is 0.349. The number of thiophene rings is 1. The minimum absolute atomic E-state index is 0.153. The molecule has 0 aliphatic rings. The summed E-state index contributed by atoms with van der Waals surface area (Å²) >= 11 is 6.61. The molecule has 1 heterocycles. The van der Waals surface area contributed by atoms with Crippen molar-refractivity contribution in [2.75, 3.05) is 19.0 Å². The number of carbonyl (C=O) groups excluding carboxylic acids is 2. The fourth-order valence-corrected chi connectivity index (χ4v) is 4.03. The zero-order chi connectivity index (χ0) is 21.4. The lowest BCUT2D eigenvalue weighted by Crippen LogP contribution is -2.45. The maximum Gasteiger partial charge on any atom is 0.341 e. The van der Waals surface area contributed by atoms with Crippen molar-refractivity contribution in [3.8, 4) is 5.75 Å². The smallest absolute Gasteiger partial charge is 0.341 e. The van der Waals surface area contributed by atoms with E-state index in [-0.39, 0.29) is 11.7 Å². The highest BCUT2D eigenvalue weighted by molar-refractivity contribution is 7.80. The van der Waals surface area contributed by atoms with Crippen LogP contribution in [0.15, 0.2) is 24.3 Å². The Morgan fingerprint density at radius 1 is 1.10 bits per heavy atom. The number of benzene rings is 1. The van der Waals surface area contributed by atoms with Crippen LogP contribution in [0.5, 0.6) is 5.75 Å². The molecule has 3 N–H and O–H groups in total. The number of anilines is 1. The third-order valence-corrected chi connectivity index (χ3v) is 5.46. The van der Waals surface area contributed by atoms with Crippen molar-refractivity contribution in [2.24, 2.45) is 0 Å². The first kappa shape index (κ1) is 22.6. The van der Waals surface area contributed by atoms with Crippen LogP contribution in [0.3, 0.4) is 0 Å². The minimum Gasteiger partial charge on any atom is -0.484 e. The number of hydrogen-bond donors (Lipinski definition) is 3. The fourth-order valence-electron chi connectivity index (χ4n) is 2.68. The van der Waals surface area contributed by atoms with Crippen LogP contribution in [0.4, 0.5) is 5.00 Å². The molecule has 1 aromatic carbocycles. The Bertz CT molecular complexity index is 879. The average molecular weight is 436 g/mol. The summed E-state index contributed by atoms with van der Waals surface area (Å²) in [5, 5.41) is 3.67. The van der Waals surface area contributed by atoms with Gasteiger partial charge in [-0.15, -0.1) is 11.3 Å². The summed E-state index contributed by atoms with van der Waals surface area (Å²) in [6, 6.07) is 7.56. The van der Waals surface area contributed by atoms with Gasteiger partial charge >= 0.3 is 5.97 Å². The number of carbonyl (C=O) groups is 2. The number of nitrogens with one attached hydrogen (secondary N) is 3. The Morgan fingerprint density at radius 2 is 1.79 bits per heavy atom. The molecule has 0 atom stereocenters. The molecule has 2 aromatic rings. The summed E-state index contributed by atoms with van der Waals surface area (Å²) in [7, 11) is 1.34. The van der Waals surface area contributed by atoms with E-state index in [1.807, 2.05) is 38.1 Å². The molecule has 1 aromatic heterocycles.